The Morgan fingerprint density at radius 1 is 1.03 bits per heavy atom. The predicted octanol–water partition coefficient (Wildman–Crippen LogP) is 2.32. The first-order valence-electron chi connectivity index (χ1n) is 12.2. The Bertz CT molecular complexity index is 1020. The van der Waals surface area contributed by atoms with Crippen molar-refractivity contribution in [2.45, 2.75) is 109 Å². The van der Waals surface area contributed by atoms with Crippen molar-refractivity contribution in [1.29, 1.82) is 0 Å². The Morgan fingerprint density at radius 3 is 2.28 bits per heavy atom. The lowest BCUT2D eigenvalue weighted by Crippen LogP contribution is -2.43. The van der Waals surface area contributed by atoms with Gasteiger partial charge in [-0.2, -0.15) is 0 Å². The lowest BCUT2D eigenvalue weighted by atomic mass is 9.80. The van der Waals surface area contributed by atoms with Crippen LogP contribution in [0.2, 0.25) is 0 Å². The van der Waals surface area contributed by atoms with Crippen molar-refractivity contribution >= 4 is 23.9 Å². The summed E-state index contributed by atoms with van der Waals surface area (Å²) in [5.41, 5.74) is -0.656. The third kappa shape index (κ3) is 5.06. The standard InChI is InChI=1S/C26H34O10/c1-12-8-9-19(33-16(5)29)26(7)23(36-26)22-21(13(2)24(30)34-22)18(32-15(4)28)11-25(6)20(35-25)10-17(12)31-14(3)27/h8,17-23H,2,9-11H2,1,3-7H3/b12-8+/t17-,18+,19+,20-,21+,22-,23-,25-,26-/m0/s1. The lowest BCUT2D eigenvalue weighted by molar-refractivity contribution is -0.152. The maximum Gasteiger partial charge on any atom is 0.334 e. The Morgan fingerprint density at radius 2 is 1.67 bits per heavy atom. The van der Waals surface area contributed by atoms with Crippen LogP contribution in [0.3, 0.4) is 0 Å². The van der Waals surface area contributed by atoms with E-state index in [0.717, 1.165) is 5.57 Å². The van der Waals surface area contributed by atoms with Crippen LogP contribution in [0.15, 0.2) is 23.8 Å². The van der Waals surface area contributed by atoms with Gasteiger partial charge in [-0.15, -0.1) is 0 Å². The zero-order valence-corrected chi connectivity index (χ0v) is 21.5. The summed E-state index contributed by atoms with van der Waals surface area (Å²) in [5, 5.41) is 0. The molecular weight excluding hydrogens is 472 g/mol. The van der Waals surface area contributed by atoms with E-state index in [1.165, 1.54) is 20.8 Å². The second kappa shape index (κ2) is 9.30. The molecule has 3 fully saturated rings. The van der Waals surface area contributed by atoms with Crippen LogP contribution in [0.4, 0.5) is 0 Å². The number of ether oxygens (including phenoxy) is 6. The van der Waals surface area contributed by atoms with Crippen molar-refractivity contribution in [3.05, 3.63) is 23.8 Å². The molecular formula is C26H34O10. The first-order chi connectivity index (χ1) is 16.7. The molecule has 3 saturated heterocycles. The molecule has 0 amide bonds. The normalized spacial score (nSPS) is 43.3. The summed E-state index contributed by atoms with van der Waals surface area (Å²) < 4.78 is 34.7. The molecule has 0 saturated carbocycles. The molecule has 0 radical (unpaired) electrons. The topological polar surface area (TPSA) is 130 Å². The molecule has 4 aliphatic rings. The van der Waals surface area contributed by atoms with Crippen molar-refractivity contribution in [3.63, 3.8) is 0 Å². The molecule has 4 rings (SSSR count). The van der Waals surface area contributed by atoms with Gasteiger partial charge in [-0.05, 0) is 26.3 Å². The minimum Gasteiger partial charge on any atom is -0.462 e. The Balaban J connectivity index is 1.74. The molecule has 3 aliphatic heterocycles. The van der Waals surface area contributed by atoms with Crippen LogP contribution < -0.4 is 0 Å². The van der Waals surface area contributed by atoms with E-state index in [2.05, 4.69) is 6.58 Å². The first kappa shape index (κ1) is 26.3. The molecule has 0 aromatic heterocycles. The van der Waals surface area contributed by atoms with Gasteiger partial charge < -0.3 is 28.4 Å². The highest BCUT2D eigenvalue weighted by atomic mass is 16.7. The number of rotatable bonds is 3. The van der Waals surface area contributed by atoms with Gasteiger partial charge in [0.1, 0.15) is 36.1 Å². The van der Waals surface area contributed by atoms with Crippen LogP contribution in [-0.4, -0.2) is 71.7 Å². The summed E-state index contributed by atoms with van der Waals surface area (Å²) >= 11 is 0. The molecule has 3 heterocycles. The van der Waals surface area contributed by atoms with Crippen LogP contribution in [-0.2, 0) is 47.6 Å². The SMILES string of the molecule is C=C1C(=O)O[C@H]2[C@H]1[C@H](OC(C)=O)C[C@]1(C)O[C@H]1C[C@H](OC(C)=O)/C(C)=C/C[C@@H](OC(C)=O)[C@]1(C)O[C@@H]21. The summed E-state index contributed by atoms with van der Waals surface area (Å²) in [7, 11) is 0. The number of epoxide rings is 2. The number of carbonyl (C=O) groups excluding carboxylic acids is 4. The van der Waals surface area contributed by atoms with E-state index in [1.807, 2.05) is 19.9 Å². The molecule has 0 unspecified atom stereocenters. The molecule has 0 aromatic rings. The second-order valence-corrected chi connectivity index (χ2v) is 10.5. The fourth-order valence-corrected chi connectivity index (χ4v) is 5.55. The second-order valence-electron chi connectivity index (χ2n) is 10.5. The fraction of sp³-hybridized carbons (Fsp3) is 0.692. The number of hydrogen-bond donors (Lipinski definition) is 0. The van der Waals surface area contributed by atoms with Gasteiger partial charge in [-0.25, -0.2) is 4.79 Å². The minimum atomic E-state index is -0.958. The van der Waals surface area contributed by atoms with Gasteiger partial charge in [0.15, 0.2) is 0 Å². The summed E-state index contributed by atoms with van der Waals surface area (Å²) in [6, 6.07) is 0. The van der Waals surface area contributed by atoms with Gasteiger partial charge >= 0.3 is 23.9 Å². The molecule has 9 atom stereocenters. The van der Waals surface area contributed by atoms with Crippen LogP contribution in [0.5, 0.6) is 0 Å². The zero-order valence-electron chi connectivity index (χ0n) is 21.5. The highest BCUT2D eigenvalue weighted by Gasteiger charge is 2.68. The van der Waals surface area contributed by atoms with Crippen molar-refractivity contribution in [3.8, 4) is 0 Å². The Labute approximate surface area is 210 Å². The van der Waals surface area contributed by atoms with E-state index in [0.29, 0.717) is 12.8 Å². The maximum atomic E-state index is 12.6. The van der Waals surface area contributed by atoms with Gasteiger partial charge in [-0.3, -0.25) is 14.4 Å². The highest BCUT2D eigenvalue weighted by molar-refractivity contribution is 5.91. The van der Waals surface area contributed by atoms with E-state index in [-0.39, 0.29) is 18.1 Å². The van der Waals surface area contributed by atoms with E-state index in [9.17, 15) is 19.2 Å². The van der Waals surface area contributed by atoms with Crippen LogP contribution in [0.25, 0.3) is 0 Å². The summed E-state index contributed by atoms with van der Waals surface area (Å²) in [4.78, 5) is 48.4. The van der Waals surface area contributed by atoms with Crippen molar-refractivity contribution in [2.24, 2.45) is 5.92 Å². The molecule has 10 nitrogen and oxygen atoms in total. The van der Waals surface area contributed by atoms with Gasteiger partial charge in [0.2, 0.25) is 0 Å². The van der Waals surface area contributed by atoms with E-state index in [1.54, 1.807) is 6.92 Å². The molecule has 198 valence electrons. The van der Waals surface area contributed by atoms with E-state index >= 15 is 0 Å². The van der Waals surface area contributed by atoms with Gasteiger partial charge in [0.05, 0.1) is 17.6 Å². The molecule has 0 bridgehead atoms. The zero-order chi connectivity index (χ0) is 26.6. The van der Waals surface area contributed by atoms with Gasteiger partial charge in [-0.1, -0.05) is 12.7 Å². The van der Waals surface area contributed by atoms with Gasteiger partial charge in [0.25, 0.3) is 0 Å². The summed E-state index contributed by atoms with van der Waals surface area (Å²) in [5.74, 6) is -2.68. The quantitative estimate of drug-likeness (QED) is 0.185. The molecule has 0 spiro atoms. The van der Waals surface area contributed by atoms with Gasteiger partial charge in [0, 0.05) is 45.6 Å². The molecule has 36 heavy (non-hydrogen) atoms. The van der Waals surface area contributed by atoms with E-state index in [4.69, 9.17) is 28.4 Å². The third-order valence-electron chi connectivity index (χ3n) is 7.65. The monoisotopic (exact) mass is 506 g/mol. The smallest absolute Gasteiger partial charge is 0.334 e. The summed E-state index contributed by atoms with van der Waals surface area (Å²) in [6.07, 6.45) is -0.850. The molecule has 1 aliphatic carbocycles. The first-order valence-corrected chi connectivity index (χ1v) is 12.2. The lowest BCUT2D eigenvalue weighted by Gasteiger charge is -2.29. The Kier molecular flexibility index (Phi) is 6.81. The largest absolute Gasteiger partial charge is 0.462 e. The molecule has 10 heteroatoms. The minimum absolute atomic E-state index is 0.189. The average Bonchev–Trinajstić information content (AvgIpc) is 3.58. The van der Waals surface area contributed by atoms with Crippen molar-refractivity contribution in [1.82, 2.24) is 0 Å². The van der Waals surface area contributed by atoms with Crippen LogP contribution >= 0.6 is 0 Å². The fourth-order valence-electron chi connectivity index (χ4n) is 5.55. The number of carbonyl (C=O) groups is 4. The third-order valence-corrected chi connectivity index (χ3v) is 7.65. The van der Waals surface area contributed by atoms with Crippen molar-refractivity contribution in [2.75, 3.05) is 0 Å². The summed E-state index contributed by atoms with van der Waals surface area (Å²) in [6.45, 7) is 13.4. The number of fused-ring (bicyclic) bond motifs is 4. The number of esters is 4. The highest BCUT2D eigenvalue weighted by Crippen LogP contribution is 2.53. The molecule has 0 N–H and O–H groups in total. The predicted molar refractivity (Wildman–Crippen MR) is 123 cm³/mol. The number of hydrogen-bond acceptors (Lipinski definition) is 10. The maximum absolute atomic E-state index is 12.6. The van der Waals surface area contributed by atoms with Crippen LogP contribution in [0, 0.1) is 5.92 Å². The average molecular weight is 507 g/mol. The van der Waals surface area contributed by atoms with Crippen LogP contribution in [0.1, 0.15) is 60.8 Å². The van der Waals surface area contributed by atoms with E-state index < -0.39 is 71.5 Å². The Hall–Kier alpha value is -2.72. The van der Waals surface area contributed by atoms with Crippen molar-refractivity contribution < 1.29 is 47.6 Å². The molecule has 0 aromatic carbocycles.